The van der Waals surface area contributed by atoms with E-state index in [1.807, 2.05) is 11.0 Å². The summed E-state index contributed by atoms with van der Waals surface area (Å²) in [5, 5.41) is 26.9. The number of hydrogen-bond acceptors (Lipinski definition) is 8. The van der Waals surface area contributed by atoms with E-state index in [2.05, 4.69) is 38.4 Å². The van der Waals surface area contributed by atoms with Crippen molar-refractivity contribution in [3.8, 4) is 11.5 Å². The summed E-state index contributed by atoms with van der Waals surface area (Å²) in [6.07, 6.45) is 7.73. The molecule has 0 atom stereocenters. The molecule has 1 aliphatic carbocycles. The second-order valence-corrected chi connectivity index (χ2v) is 11.5. The highest BCUT2D eigenvalue weighted by Gasteiger charge is 2.31. The van der Waals surface area contributed by atoms with Crippen LogP contribution < -0.4 is 43.2 Å². The van der Waals surface area contributed by atoms with Crippen molar-refractivity contribution in [3.63, 3.8) is 0 Å². The Balaban J connectivity index is 1.23. The number of aromatic nitrogens is 2. The molecule has 5 rings (SSSR count). The van der Waals surface area contributed by atoms with Crippen molar-refractivity contribution in [1.82, 2.24) is 30.4 Å². The van der Waals surface area contributed by atoms with Gasteiger partial charge in [-0.15, -0.1) is 0 Å². The van der Waals surface area contributed by atoms with E-state index in [4.69, 9.17) is 27.0 Å². The Labute approximate surface area is 251 Å². The normalized spacial score (nSPS) is 19.6. The Morgan fingerprint density at radius 3 is 2.49 bits per heavy atom. The van der Waals surface area contributed by atoms with E-state index < -0.39 is 0 Å². The van der Waals surface area contributed by atoms with E-state index in [1.54, 1.807) is 10.8 Å². The van der Waals surface area contributed by atoms with Gasteiger partial charge in [0.1, 0.15) is 0 Å². The van der Waals surface area contributed by atoms with Crippen molar-refractivity contribution in [1.29, 1.82) is 10.8 Å². The minimum Gasteiger partial charge on any atom is -0.450 e. The third-order valence-electron chi connectivity index (χ3n) is 8.57. The highest BCUT2D eigenvalue weighted by Crippen LogP contribution is 2.43. The van der Waals surface area contributed by atoms with Crippen molar-refractivity contribution in [2.45, 2.75) is 69.4 Å². The number of piperidine rings is 1. The lowest BCUT2D eigenvalue weighted by atomic mass is 9.89. The molecule has 0 unspecified atom stereocenters. The standard InChI is InChI=1S/C29H43N11O3/c30-27(31)35-11-1-15-39(25(41)10-14-36-28(32)33)20-3-5-21(6-4-20)40-17-24-26(38-29(40)42)37-22-16-19(2-7-23(22)43-24)18-8-12-34-13-9-18/h2,7,16-18,20-21,34H,1,3-6,8-15H2,(H4,30,31,35)(H4,32,33,36)(H,37,38,42). The first-order chi connectivity index (χ1) is 20.8. The summed E-state index contributed by atoms with van der Waals surface area (Å²) in [5.41, 5.74) is 12.5. The third-order valence-corrected chi connectivity index (χ3v) is 8.57. The maximum atomic E-state index is 13.2. The molecule has 2 aliphatic heterocycles. The van der Waals surface area contributed by atoms with Crippen LogP contribution in [0, 0.1) is 10.8 Å². The number of rotatable bonds is 10. The lowest BCUT2D eigenvalue weighted by Gasteiger charge is -2.38. The van der Waals surface area contributed by atoms with Crippen molar-refractivity contribution < 1.29 is 9.53 Å². The minimum absolute atomic E-state index is 0.0194. The fraction of sp³-hybridized carbons (Fsp3) is 0.552. The SMILES string of the molecule is N=C(N)NCCCN(C(=O)CCNC(=N)N)C1CCC(n2cc3c(nc2=O)Nc2cc(C4CCNCC4)ccc2O3)CC1. The monoisotopic (exact) mass is 593 g/mol. The van der Waals surface area contributed by atoms with E-state index in [-0.39, 0.29) is 42.0 Å². The van der Waals surface area contributed by atoms with Crippen molar-refractivity contribution in [3.05, 3.63) is 40.4 Å². The zero-order chi connectivity index (χ0) is 30.3. The van der Waals surface area contributed by atoms with E-state index in [0.717, 1.165) is 57.3 Å². The molecular formula is C29H43N11O3. The van der Waals surface area contributed by atoms with E-state index >= 15 is 0 Å². The van der Waals surface area contributed by atoms with Crippen LogP contribution in [0.1, 0.15) is 68.9 Å². The number of carbonyl (C=O) groups excluding carboxylic acids is 1. The van der Waals surface area contributed by atoms with Crippen LogP contribution in [0.15, 0.2) is 29.2 Å². The molecule has 3 aliphatic rings. The Morgan fingerprint density at radius 2 is 1.77 bits per heavy atom. The number of carbonyl (C=O) groups is 1. The number of anilines is 2. The Bertz CT molecular complexity index is 1380. The van der Waals surface area contributed by atoms with Crippen LogP contribution in [0.3, 0.4) is 0 Å². The number of fused-ring (bicyclic) bond motifs is 2. The quantitative estimate of drug-likeness (QED) is 0.0966. The summed E-state index contributed by atoms with van der Waals surface area (Å²) in [6, 6.07) is 6.21. The number of nitrogens with zero attached hydrogens (tertiary/aromatic N) is 3. The van der Waals surface area contributed by atoms with Gasteiger partial charge in [0, 0.05) is 38.1 Å². The van der Waals surface area contributed by atoms with E-state index in [0.29, 0.717) is 49.3 Å². The fourth-order valence-corrected chi connectivity index (χ4v) is 6.35. The van der Waals surface area contributed by atoms with Crippen LogP contribution in [0.5, 0.6) is 11.5 Å². The molecule has 3 heterocycles. The Kier molecular flexibility index (Phi) is 9.65. The third kappa shape index (κ3) is 7.55. The van der Waals surface area contributed by atoms with Gasteiger partial charge in [-0.1, -0.05) is 6.07 Å². The second-order valence-electron chi connectivity index (χ2n) is 11.5. The molecule has 1 aromatic heterocycles. The summed E-state index contributed by atoms with van der Waals surface area (Å²) in [6.45, 7) is 3.34. The van der Waals surface area contributed by atoms with Crippen LogP contribution in [-0.2, 0) is 4.79 Å². The molecule has 2 aromatic rings. The lowest BCUT2D eigenvalue weighted by molar-refractivity contribution is -0.134. The summed E-state index contributed by atoms with van der Waals surface area (Å²) in [4.78, 5) is 32.5. The summed E-state index contributed by atoms with van der Waals surface area (Å²) < 4.78 is 7.88. The minimum atomic E-state index is -0.324. The number of nitrogens with one attached hydrogen (secondary N) is 6. The first-order valence-corrected chi connectivity index (χ1v) is 15.2. The van der Waals surface area contributed by atoms with Crippen LogP contribution in [0.4, 0.5) is 11.5 Å². The molecule has 0 spiro atoms. The number of guanidine groups is 2. The first-order valence-electron chi connectivity index (χ1n) is 15.2. The van der Waals surface area contributed by atoms with Gasteiger partial charge in [-0.2, -0.15) is 4.98 Å². The van der Waals surface area contributed by atoms with Crippen LogP contribution in [-0.4, -0.2) is 71.0 Å². The van der Waals surface area contributed by atoms with E-state index in [1.165, 1.54) is 5.56 Å². The fourth-order valence-electron chi connectivity index (χ4n) is 6.35. The van der Waals surface area contributed by atoms with Gasteiger partial charge in [-0.3, -0.25) is 20.2 Å². The smallest absolute Gasteiger partial charge is 0.350 e. The molecule has 14 nitrogen and oxygen atoms in total. The maximum Gasteiger partial charge on any atom is 0.350 e. The Morgan fingerprint density at radius 1 is 1.05 bits per heavy atom. The van der Waals surface area contributed by atoms with Crippen molar-refractivity contribution >= 4 is 29.3 Å². The first kappa shape index (κ1) is 30.1. The second kappa shape index (κ2) is 13.8. The van der Waals surface area contributed by atoms with E-state index in [9.17, 15) is 9.59 Å². The van der Waals surface area contributed by atoms with Gasteiger partial charge in [0.05, 0.1) is 11.9 Å². The summed E-state index contributed by atoms with van der Waals surface area (Å²) in [5.74, 6) is 1.89. The van der Waals surface area contributed by atoms with Gasteiger partial charge in [0.25, 0.3) is 0 Å². The number of ether oxygens (including phenoxy) is 1. The lowest BCUT2D eigenvalue weighted by Crippen LogP contribution is -2.45. The van der Waals surface area contributed by atoms with Crippen molar-refractivity contribution in [2.24, 2.45) is 11.5 Å². The van der Waals surface area contributed by atoms with Gasteiger partial charge in [-0.05, 0) is 81.6 Å². The molecule has 43 heavy (non-hydrogen) atoms. The maximum absolute atomic E-state index is 13.2. The van der Waals surface area contributed by atoms with Gasteiger partial charge in [0.15, 0.2) is 29.2 Å². The molecule has 1 saturated carbocycles. The Hall–Kier alpha value is -4.33. The molecule has 0 bridgehead atoms. The topological polar surface area (TPSA) is 212 Å². The number of benzene rings is 1. The highest BCUT2D eigenvalue weighted by molar-refractivity contribution is 5.79. The molecular weight excluding hydrogens is 550 g/mol. The summed E-state index contributed by atoms with van der Waals surface area (Å²) >= 11 is 0. The van der Waals surface area contributed by atoms with Crippen molar-refractivity contribution in [2.75, 3.05) is 38.0 Å². The number of hydrogen-bond donors (Lipinski definition) is 8. The van der Waals surface area contributed by atoms with Gasteiger partial charge >= 0.3 is 5.69 Å². The average molecular weight is 594 g/mol. The van der Waals surface area contributed by atoms with Crippen LogP contribution in [0.25, 0.3) is 0 Å². The molecule has 1 saturated heterocycles. The number of nitrogens with two attached hydrogens (primary N) is 2. The molecule has 0 radical (unpaired) electrons. The average Bonchev–Trinajstić information content (AvgIpc) is 3.00. The highest BCUT2D eigenvalue weighted by atomic mass is 16.5. The van der Waals surface area contributed by atoms with Gasteiger partial charge in [-0.25, -0.2) is 4.79 Å². The van der Waals surface area contributed by atoms with Gasteiger partial charge in [0.2, 0.25) is 5.91 Å². The zero-order valence-electron chi connectivity index (χ0n) is 24.5. The molecule has 1 amide bonds. The van der Waals surface area contributed by atoms with Crippen LogP contribution in [0.2, 0.25) is 0 Å². The molecule has 232 valence electrons. The molecule has 1 aromatic carbocycles. The molecule has 2 fully saturated rings. The summed E-state index contributed by atoms with van der Waals surface area (Å²) in [7, 11) is 0. The van der Waals surface area contributed by atoms with Crippen LogP contribution >= 0.6 is 0 Å². The predicted octanol–water partition coefficient (Wildman–Crippen LogP) is 1.62. The largest absolute Gasteiger partial charge is 0.450 e. The molecule has 10 N–H and O–H groups in total. The number of amides is 1. The molecule has 14 heteroatoms. The zero-order valence-corrected chi connectivity index (χ0v) is 24.5. The predicted molar refractivity (Wildman–Crippen MR) is 165 cm³/mol. The van der Waals surface area contributed by atoms with Gasteiger partial charge < -0.3 is 42.4 Å².